The maximum absolute atomic E-state index is 12.2. The van der Waals surface area contributed by atoms with Crippen molar-refractivity contribution in [2.24, 2.45) is 0 Å². The zero-order chi connectivity index (χ0) is 21.8. The Kier molecular flexibility index (Phi) is 8.98. The van der Waals surface area contributed by atoms with Gasteiger partial charge in [0.25, 0.3) is 0 Å². The number of alkyl halides is 9. The van der Waals surface area contributed by atoms with Crippen LogP contribution in [0.4, 0.5) is 39.5 Å². The smallest absolute Gasteiger partial charge is 0.325 e. The van der Waals surface area contributed by atoms with E-state index in [4.69, 9.17) is 4.55 Å². The van der Waals surface area contributed by atoms with E-state index in [0.717, 1.165) is 0 Å². The van der Waals surface area contributed by atoms with E-state index in [9.17, 15) is 47.9 Å². The first-order valence-electron chi connectivity index (χ1n) is 7.26. The maximum atomic E-state index is 12.2. The van der Waals surface area contributed by atoms with Gasteiger partial charge in [-0.25, -0.2) is 0 Å². The van der Waals surface area contributed by atoms with Gasteiger partial charge in [-0.1, -0.05) is 0 Å². The quantitative estimate of drug-likeness (QED) is 0.375. The lowest BCUT2D eigenvalue weighted by Gasteiger charge is -2.34. The standard InChI is InChI=1S/C8H20N.C4HF9O3S/c1-5-9(6-2,7-3)8-4;5-1(6,3(9,10)11)2(7,8)4(12,13)17(14,15)16/h5-8H2,1-4H3;(H,14,15,16)/q+1;. The van der Waals surface area contributed by atoms with Gasteiger partial charge in [0.05, 0.1) is 26.2 Å². The number of hydrogen-bond acceptors (Lipinski definition) is 2. The van der Waals surface area contributed by atoms with Crippen LogP contribution in [-0.2, 0) is 10.1 Å². The molecule has 0 spiro atoms. The van der Waals surface area contributed by atoms with E-state index in [2.05, 4.69) is 27.7 Å². The van der Waals surface area contributed by atoms with Crippen molar-refractivity contribution in [1.82, 2.24) is 0 Å². The van der Waals surface area contributed by atoms with E-state index in [-0.39, 0.29) is 0 Å². The van der Waals surface area contributed by atoms with Gasteiger partial charge in [0.1, 0.15) is 0 Å². The summed E-state index contributed by atoms with van der Waals surface area (Å²) in [5.41, 5.74) is 0. The summed E-state index contributed by atoms with van der Waals surface area (Å²) < 4.78 is 135. The van der Waals surface area contributed by atoms with E-state index < -0.39 is 33.4 Å². The van der Waals surface area contributed by atoms with Gasteiger partial charge in [0.2, 0.25) is 0 Å². The highest BCUT2D eigenvalue weighted by atomic mass is 32.2. The second-order valence-electron chi connectivity index (χ2n) is 5.24. The van der Waals surface area contributed by atoms with Crippen molar-refractivity contribution in [2.75, 3.05) is 26.2 Å². The van der Waals surface area contributed by atoms with Crippen molar-refractivity contribution in [1.29, 1.82) is 0 Å². The summed E-state index contributed by atoms with van der Waals surface area (Å²) >= 11 is 0. The van der Waals surface area contributed by atoms with Crippen LogP contribution >= 0.6 is 0 Å². The first-order chi connectivity index (χ1) is 11.2. The fraction of sp³-hybridized carbons (Fsp3) is 1.00. The highest BCUT2D eigenvalue weighted by Crippen LogP contribution is 2.54. The molecule has 0 heterocycles. The van der Waals surface area contributed by atoms with Crippen LogP contribution in [0.5, 0.6) is 0 Å². The molecular weight excluding hydrogens is 409 g/mol. The molecule has 0 aromatic rings. The molecule has 0 radical (unpaired) electrons. The summed E-state index contributed by atoms with van der Waals surface area (Å²) in [6.07, 6.45) is -7.13. The Balaban J connectivity index is 0. The minimum Gasteiger partial charge on any atom is -0.325 e. The van der Waals surface area contributed by atoms with E-state index in [1.54, 1.807) is 0 Å². The van der Waals surface area contributed by atoms with Crippen LogP contribution in [0.3, 0.4) is 0 Å². The lowest BCUT2D eigenvalue weighted by molar-refractivity contribution is -0.921. The number of hydrogen-bond donors (Lipinski definition) is 1. The molecule has 0 aliphatic rings. The van der Waals surface area contributed by atoms with Gasteiger partial charge in [0, 0.05) is 0 Å². The van der Waals surface area contributed by atoms with Gasteiger partial charge in [-0.05, 0) is 27.7 Å². The van der Waals surface area contributed by atoms with Gasteiger partial charge < -0.3 is 4.48 Å². The third kappa shape index (κ3) is 5.15. The molecule has 0 unspecified atom stereocenters. The van der Waals surface area contributed by atoms with Crippen LogP contribution in [0.1, 0.15) is 27.7 Å². The second-order valence-corrected chi connectivity index (χ2v) is 6.71. The fourth-order valence-corrected chi connectivity index (χ4v) is 2.32. The first kappa shape index (κ1) is 27.5. The zero-order valence-corrected chi connectivity index (χ0v) is 15.2. The Bertz CT molecular complexity index is 525. The molecule has 0 aliphatic carbocycles. The molecule has 4 nitrogen and oxygen atoms in total. The molecule has 0 atom stereocenters. The molecule has 0 saturated carbocycles. The predicted molar refractivity (Wildman–Crippen MR) is 74.9 cm³/mol. The van der Waals surface area contributed by atoms with Crippen molar-refractivity contribution < 1.29 is 57.0 Å². The highest BCUT2D eigenvalue weighted by molar-refractivity contribution is 7.87. The van der Waals surface area contributed by atoms with Gasteiger partial charge in [-0.2, -0.15) is 47.9 Å². The second kappa shape index (κ2) is 8.50. The SMILES string of the molecule is CC[N+](CC)(CC)CC.O=S(=O)(O)C(F)(F)C(F)(F)C(F)(F)C(F)(F)F. The molecule has 1 N–H and O–H groups in total. The number of quaternary nitrogens is 1. The molecule has 0 bridgehead atoms. The van der Waals surface area contributed by atoms with Crippen LogP contribution in [0, 0.1) is 0 Å². The topological polar surface area (TPSA) is 54.4 Å². The lowest BCUT2D eigenvalue weighted by Crippen LogP contribution is -2.63. The molecule has 14 heteroatoms. The summed E-state index contributed by atoms with van der Waals surface area (Å²) in [7, 11) is -7.17. The minimum absolute atomic E-state index is 1.28. The van der Waals surface area contributed by atoms with Gasteiger partial charge in [0.15, 0.2) is 0 Å². The molecule has 0 aromatic carbocycles. The third-order valence-corrected chi connectivity index (χ3v) is 5.03. The van der Waals surface area contributed by atoms with Crippen LogP contribution in [0.25, 0.3) is 0 Å². The van der Waals surface area contributed by atoms with Crippen molar-refractivity contribution in [3.05, 3.63) is 0 Å². The largest absolute Gasteiger partial charge is 0.460 e. The van der Waals surface area contributed by atoms with Crippen LogP contribution in [0.2, 0.25) is 0 Å². The van der Waals surface area contributed by atoms with Gasteiger partial charge in [-0.3, -0.25) is 4.55 Å². The monoisotopic (exact) mass is 430 g/mol. The molecule has 0 rings (SSSR count). The molecule has 160 valence electrons. The summed E-state index contributed by atoms with van der Waals surface area (Å²) in [4.78, 5) is 0. The Morgan fingerprint density at radius 2 is 0.962 bits per heavy atom. The van der Waals surface area contributed by atoms with Gasteiger partial charge >= 0.3 is 33.4 Å². The molecule has 0 aliphatic heterocycles. The summed E-state index contributed by atoms with van der Waals surface area (Å²) in [5.74, 6) is -14.7. The Morgan fingerprint density at radius 1 is 0.692 bits per heavy atom. The van der Waals surface area contributed by atoms with Crippen molar-refractivity contribution in [3.63, 3.8) is 0 Å². The molecule has 0 fully saturated rings. The predicted octanol–water partition coefficient (Wildman–Crippen LogP) is 4.18. The third-order valence-electron chi connectivity index (χ3n) is 4.12. The average Bonchev–Trinajstić information content (AvgIpc) is 2.48. The van der Waals surface area contributed by atoms with Crippen molar-refractivity contribution >= 4 is 10.1 Å². The van der Waals surface area contributed by atoms with Crippen LogP contribution in [0.15, 0.2) is 0 Å². The Labute approximate surface area is 145 Å². The summed E-state index contributed by atoms with van der Waals surface area (Å²) in [6, 6.07) is 0. The minimum atomic E-state index is -7.37. The van der Waals surface area contributed by atoms with Crippen LogP contribution in [-0.4, -0.2) is 66.9 Å². The van der Waals surface area contributed by atoms with E-state index in [1.807, 2.05) is 0 Å². The maximum Gasteiger partial charge on any atom is 0.460 e. The Morgan fingerprint density at radius 3 is 1.08 bits per heavy atom. The van der Waals surface area contributed by atoms with Crippen molar-refractivity contribution in [3.8, 4) is 0 Å². The van der Waals surface area contributed by atoms with Crippen molar-refractivity contribution in [2.45, 2.75) is 51.0 Å². The number of nitrogens with zero attached hydrogens (tertiary/aromatic N) is 1. The van der Waals surface area contributed by atoms with Crippen LogP contribution < -0.4 is 0 Å². The summed E-state index contributed by atoms with van der Waals surface area (Å²) in [5, 5.41) is -7.00. The summed E-state index contributed by atoms with van der Waals surface area (Å²) in [6.45, 7) is 14.2. The Hall–Kier alpha value is -0.760. The fourth-order valence-electron chi connectivity index (χ4n) is 1.86. The molecular formula is C12H21F9NO3S+. The van der Waals surface area contributed by atoms with Gasteiger partial charge in [-0.15, -0.1) is 0 Å². The molecule has 0 saturated heterocycles. The van der Waals surface area contributed by atoms with E-state index in [1.165, 1.54) is 30.7 Å². The average molecular weight is 430 g/mol. The lowest BCUT2D eigenvalue weighted by atomic mass is 10.1. The van der Waals surface area contributed by atoms with E-state index in [0.29, 0.717) is 0 Å². The molecule has 0 amide bonds. The van der Waals surface area contributed by atoms with E-state index >= 15 is 0 Å². The number of rotatable bonds is 7. The highest BCUT2D eigenvalue weighted by Gasteiger charge is 2.85. The normalized spacial score (nSPS) is 14.7. The molecule has 26 heavy (non-hydrogen) atoms. The number of halogens is 9. The molecule has 0 aromatic heterocycles. The zero-order valence-electron chi connectivity index (χ0n) is 14.3. The first-order valence-corrected chi connectivity index (χ1v) is 8.70.